The van der Waals surface area contributed by atoms with Crippen LogP contribution in [0.4, 0.5) is 0 Å². The molecule has 2 rings (SSSR count). The van der Waals surface area contributed by atoms with Gasteiger partial charge in [0, 0.05) is 6.07 Å². The van der Waals surface area contributed by atoms with Gasteiger partial charge in [-0.15, -0.1) is 0 Å². The largest absolute Gasteiger partial charge is 0.491 e. The van der Waals surface area contributed by atoms with E-state index in [4.69, 9.17) is 13.9 Å². The quantitative estimate of drug-likeness (QED) is 0.823. The van der Waals surface area contributed by atoms with Gasteiger partial charge in [-0.25, -0.2) is 4.79 Å². The highest BCUT2D eigenvalue weighted by Crippen LogP contribution is 2.20. The number of esters is 1. The van der Waals surface area contributed by atoms with E-state index in [1.54, 1.807) is 19.1 Å². The summed E-state index contributed by atoms with van der Waals surface area (Å²) in [4.78, 5) is 23.7. The highest BCUT2D eigenvalue weighted by Gasteiger charge is 2.14. The van der Waals surface area contributed by atoms with Crippen LogP contribution in [-0.2, 0) is 4.74 Å². The summed E-state index contributed by atoms with van der Waals surface area (Å²) >= 11 is 0. The molecule has 1 unspecified atom stereocenters. The monoisotopic (exact) mass is 306 g/mol. The lowest BCUT2D eigenvalue weighted by atomic mass is 10.2. The molecule has 0 bridgehead atoms. The first-order valence-corrected chi connectivity index (χ1v) is 7.11. The highest BCUT2D eigenvalue weighted by atomic mass is 16.5. The molecule has 1 heterocycles. The molecule has 6 nitrogen and oxygen atoms in total. The number of aliphatic hydroxyl groups is 1. The molecule has 0 aliphatic rings. The van der Waals surface area contributed by atoms with Crippen molar-refractivity contribution in [1.82, 2.24) is 0 Å². The molecule has 118 valence electrons. The minimum absolute atomic E-state index is 0.130. The van der Waals surface area contributed by atoms with E-state index < -0.39 is 12.1 Å². The van der Waals surface area contributed by atoms with Gasteiger partial charge in [0.05, 0.1) is 18.1 Å². The van der Waals surface area contributed by atoms with Gasteiger partial charge < -0.3 is 19.0 Å². The van der Waals surface area contributed by atoms with Gasteiger partial charge in [-0.3, -0.25) is 4.79 Å². The van der Waals surface area contributed by atoms with Crippen LogP contribution in [0.3, 0.4) is 0 Å². The summed E-state index contributed by atoms with van der Waals surface area (Å²) in [5.41, 5.74) is -0.0789. The standard InChI is InChI=1S/C16H18O6/c1-3-10(17)9-21-11-5-6-14-12(7-11)13(18)8-15(22-14)16(19)20-4-2/h5-8,10,17H,3-4,9H2,1-2H3. The zero-order valence-electron chi connectivity index (χ0n) is 12.5. The predicted octanol–water partition coefficient (Wildman–Crippen LogP) is 2.12. The third-order valence-electron chi connectivity index (χ3n) is 3.09. The molecule has 0 radical (unpaired) electrons. The molecule has 1 aromatic carbocycles. The Morgan fingerprint density at radius 3 is 2.77 bits per heavy atom. The fourth-order valence-corrected chi connectivity index (χ4v) is 1.84. The average Bonchev–Trinajstić information content (AvgIpc) is 2.52. The van der Waals surface area contributed by atoms with Crippen LogP contribution in [0.25, 0.3) is 11.0 Å². The average molecular weight is 306 g/mol. The number of fused-ring (bicyclic) bond motifs is 1. The van der Waals surface area contributed by atoms with Crippen LogP contribution in [0.15, 0.2) is 33.5 Å². The zero-order chi connectivity index (χ0) is 16.1. The van der Waals surface area contributed by atoms with Gasteiger partial charge in [-0.05, 0) is 31.5 Å². The van der Waals surface area contributed by atoms with Crippen molar-refractivity contribution in [1.29, 1.82) is 0 Å². The number of aliphatic hydroxyl groups excluding tert-OH is 1. The second kappa shape index (κ2) is 7.09. The van der Waals surface area contributed by atoms with Crippen LogP contribution in [0, 0.1) is 0 Å². The van der Waals surface area contributed by atoms with E-state index in [1.807, 2.05) is 6.92 Å². The lowest BCUT2D eigenvalue weighted by molar-refractivity contribution is 0.0490. The Morgan fingerprint density at radius 1 is 1.32 bits per heavy atom. The van der Waals surface area contributed by atoms with Crippen LogP contribution in [0.1, 0.15) is 30.8 Å². The van der Waals surface area contributed by atoms with Crippen molar-refractivity contribution >= 4 is 16.9 Å². The van der Waals surface area contributed by atoms with Gasteiger partial charge in [-0.1, -0.05) is 6.92 Å². The fraction of sp³-hybridized carbons (Fsp3) is 0.375. The lowest BCUT2D eigenvalue weighted by Crippen LogP contribution is -2.16. The SMILES string of the molecule is CCOC(=O)c1cc(=O)c2cc(OCC(O)CC)ccc2o1. The van der Waals surface area contributed by atoms with E-state index in [2.05, 4.69) is 0 Å². The van der Waals surface area contributed by atoms with Crippen molar-refractivity contribution in [2.75, 3.05) is 13.2 Å². The molecule has 0 saturated carbocycles. The smallest absolute Gasteiger partial charge is 0.374 e. The third kappa shape index (κ3) is 3.65. The van der Waals surface area contributed by atoms with Gasteiger partial charge in [0.2, 0.25) is 5.76 Å². The summed E-state index contributed by atoms with van der Waals surface area (Å²) in [6.07, 6.45) is 0.0248. The molecule has 0 aliphatic carbocycles. The Hall–Kier alpha value is -2.34. The first-order chi connectivity index (χ1) is 10.5. The summed E-state index contributed by atoms with van der Waals surface area (Å²) in [6.45, 7) is 3.87. The van der Waals surface area contributed by atoms with Crippen LogP contribution in [0.5, 0.6) is 5.75 Å². The molecule has 0 amide bonds. The van der Waals surface area contributed by atoms with Crippen LogP contribution in [-0.4, -0.2) is 30.4 Å². The van der Waals surface area contributed by atoms with Gasteiger partial charge in [0.25, 0.3) is 0 Å². The number of hydrogen-bond acceptors (Lipinski definition) is 6. The Kier molecular flexibility index (Phi) is 5.16. The van der Waals surface area contributed by atoms with Crippen molar-refractivity contribution in [3.8, 4) is 5.75 Å². The van der Waals surface area contributed by atoms with Crippen molar-refractivity contribution in [3.05, 3.63) is 40.2 Å². The molecular formula is C16H18O6. The van der Waals surface area contributed by atoms with Gasteiger partial charge in [0.15, 0.2) is 5.43 Å². The number of rotatable bonds is 6. The maximum atomic E-state index is 12.1. The summed E-state index contributed by atoms with van der Waals surface area (Å²) < 4.78 is 15.6. The van der Waals surface area contributed by atoms with Crippen molar-refractivity contribution < 1.29 is 23.8 Å². The maximum absolute atomic E-state index is 12.1. The first-order valence-electron chi connectivity index (χ1n) is 7.11. The summed E-state index contributed by atoms with van der Waals surface area (Å²) in [5, 5.41) is 9.78. The first kappa shape index (κ1) is 16.0. The van der Waals surface area contributed by atoms with E-state index in [0.29, 0.717) is 17.6 Å². The van der Waals surface area contributed by atoms with Crippen molar-refractivity contribution in [2.45, 2.75) is 26.4 Å². The third-order valence-corrected chi connectivity index (χ3v) is 3.09. The van der Waals surface area contributed by atoms with Gasteiger partial charge in [0.1, 0.15) is 17.9 Å². The zero-order valence-corrected chi connectivity index (χ0v) is 12.5. The minimum atomic E-state index is -0.673. The number of hydrogen-bond donors (Lipinski definition) is 1. The number of benzene rings is 1. The Morgan fingerprint density at radius 2 is 2.09 bits per heavy atom. The molecule has 0 aliphatic heterocycles. The van der Waals surface area contributed by atoms with Crippen LogP contribution >= 0.6 is 0 Å². The molecule has 0 spiro atoms. The lowest BCUT2D eigenvalue weighted by Gasteiger charge is -2.10. The summed E-state index contributed by atoms with van der Waals surface area (Å²) in [7, 11) is 0. The maximum Gasteiger partial charge on any atom is 0.374 e. The van der Waals surface area contributed by atoms with E-state index in [0.717, 1.165) is 6.07 Å². The van der Waals surface area contributed by atoms with Gasteiger partial charge in [-0.2, -0.15) is 0 Å². The summed E-state index contributed by atoms with van der Waals surface area (Å²) in [6, 6.07) is 5.79. The molecule has 0 saturated heterocycles. The highest BCUT2D eigenvalue weighted by molar-refractivity contribution is 5.89. The van der Waals surface area contributed by atoms with Crippen LogP contribution < -0.4 is 10.2 Å². The van der Waals surface area contributed by atoms with E-state index in [-0.39, 0.29) is 30.0 Å². The topological polar surface area (TPSA) is 86.0 Å². The molecule has 1 N–H and O–H groups in total. The van der Waals surface area contributed by atoms with Crippen molar-refractivity contribution in [3.63, 3.8) is 0 Å². The molecule has 1 atom stereocenters. The normalized spacial score (nSPS) is 12.1. The molecule has 22 heavy (non-hydrogen) atoms. The van der Waals surface area contributed by atoms with Gasteiger partial charge >= 0.3 is 5.97 Å². The molecular weight excluding hydrogens is 288 g/mol. The second-order valence-electron chi connectivity index (χ2n) is 4.73. The predicted molar refractivity (Wildman–Crippen MR) is 80.2 cm³/mol. The van der Waals surface area contributed by atoms with E-state index in [9.17, 15) is 14.7 Å². The van der Waals surface area contributed by atoms with E-state index >= 15 is 0 Å². The second-order valence-corrected chi connectivity index (χ2v) is 4.73. The Balaban J connectivity index is 2.30. The molecule has 2 aromatic rings. The fourth-order valence-electron chi connectivity index (χ4n) is 1.84. The summed E-state index contributed by atoms with van der Waals surface area (Å²) in [5.74, 6) is -0.349. The minimum Gasteiger partial charge on any atom is -0.491 e. The number of carbonyl (C=O) groups is 1. The molecule has 0 fully saturated rings. The number of ether oxygens (including phenoxy) is 2. The Bertz CT molecular complexity index is 718. The number of carbonyl (C=O) groups excluding carboxylic acids is 1. The molecule has 6 heteroatoms. The van der Waals surface area contributed by atoms with E-state index in [1.165, 1.54) is 6.07 Å². The van der Waals surface area contributed by atoms with Crippen molar-refractivity contribution in [2.24, 2.45) is 0 Å². The van der Waals surface area contributed by atoms with Crippen LogP contribution in [0.2, 0.25) is 0 Å². The Labute approximate surface area is 127 Å². The molecule has 1 aromatic heterocycles.